The number of amides is 1. The van der Waals surface area contributed by atoms with Crippen LogP contribution in [0.4, 0.5) is 5.69 Å². The van der Waals surface area contributed by atoms with Crippen molar-refractivity contribution in [3.05, 3.63) is 34.4 Å². The highest BCUT2D eigenvalue weighted by Gasteiger charge is 2.54. The van der Waals surface area contributed by atoms with Crippen LogP contribution in [0.1, 0.15) is 13.3 Å². The molecule has 0 aromatic heterocycles. The fourth-order valence-electron chi connectivity index (χ4n) is 3.13. The van der Waals surface area contributed by atoms with Gasteiger partial charge in [-0.2, -0.15) is 0 Å². The summed E-state index contributed by atoms with van der Waals surface area (Å²) >= 11 is 0. The van der Waals surface area contributed by atoms with E-state index in [1.54, 1.807) is 11.9 Å². The average Bonchev–Trinajstić information content (AvgIpc) is 3.34. The summed E-state index contributed by atoms with van der Waals surface area (Å²) in [5, 5.41) is 10.7. The van der Waals surface area contributed by atoms with Crippen LogP contribution in [0, 0.1) is 16.0 Å². The molecule has 1 saturated carbocycles. The molecule has 3 atom stereocenters. The zero-order chi connectivity index (χ0) is 16.6. The lowest BCUT2D eigenvalue weighted by atomic mass is 10.1. The van der Waals surface area contributed by atoms with E-state index in [1.165, 1.54) is 0 Å². The first kappa shape index (κ1) is 15.6. The molecule has 0 saturated heterocycles. The predicted molar refractivity (Wildman–Crippen MR) is 85.3 cm³/mol. The Balaban J connectivity index is 1.63. The molecule has 1 amide bonds. The first-order chi connectivity index (χ1) is 11.0. The maximum atomic E-state index is 12.2. The van der Waals surface area contributed by atoms with Crippen molar-refractivity contribution in [2.45, 2.75) is 25.5 Å². The number of hydrogen-bond donors (Lipinski definition) is 0. The number of rotatable bonds is 5. The largest absolute Gasteiger partial charge is 0.485 e. The van der Waals surface area contributed by atoms with Gasteiger partial charge >= 0.3 is 0 Å². The number of fused-ring (bicyclic) bond motifs is 1. The molecule has 1 aromatic rings. The summed E-state index contributed by atoms with van der Waals surface area (Å²) in [7, 11) is 1.69. The molecule has 1 fully saturated rings. The Morgan fingerprint density at radius 2 is 2.22 bits per heavy atom. The molecular formula is C16H21N3O4. The lowest BCUT2D eigenvalue weighted by molar-refractivity contribution is -0.497. The molecule has 0 unspecified atom stereocenters. The first-order valence-corrected chi connectivity index (χ1v) is 7.90. The fourth-order valence-corrected chi connectivity index (χ4v) is 3.13. The number of hydrogen-bond acceptors (Lipinski definition) is 5. The highest BCUT2D eigenvalue weighted by atomic mass is 16.6. The minimum absolute atomic E-state index is 0.133. The number of para-hydroxylation sites is 2. The van der Waals surface area contributed by atoms with E-state index in [1.807, 2.05) is 24.3 Å². The van der Waals surface area contributed by atoms with Crippen molar-refractivity contribution in [3.63, 3.8) is 0 Å². The van der Waals surface area contributed by atoms with Gasteiger partial charge in [-0.3, -0.25) is 14.9 Å². The molecule has 7 heteroatoms. The van der Waals surface area contributed by atoms with E-state index >= 15 is 0 Å². The lowest BCUT2D eigenvalue weighted by Crippen LogP contribution is -2.47. The van der Waals surface area contributed by atoms with Crippen LogP contribution in [0.15, 0.2) is 24.3 Å². The van der Waals surface area contributed by atoms with Gasteiger partial charge in [0.25, 0.3) is 0 Å². The Morgan fingerprint density at radius 3 is 2.87 bits per heavy atom. The number of benzene rings is 1. The number of likely N-dealkylation sites (N-methyl/N-ethyl adjacent to an activating group) is 2. The topological polar surface area (TPSA) is 75.9 Å². The number of carbonyl (C=O) groups is 1. The van der Waals surface area contributed by atoms with Crippen LogP contribution in [0.2, 0.25) is 0 Å². The molecule has 3 rings (SSSR count). The molecule has 2 aliphatic rings. The Kier molecular flexibility index (Phi) is 4.11. The number of nitro groups is 1. The minimum Gasteiger partial charge on any atom is -0.485 e. The zero-order valence-corrected chi connectivity index (χ0v) is 13.3. The van der Waals surface area contributed by atoms with Crippen LogP contribution in [0.25, 0.3) is 0 Å². The van der Waals surface area contributed by atoms with E-state index in [2.05, 4.69) is 11.8 Å². The monoisotopic (exact) mass is 319 g/mol. The Bertz CT molecular complexity index is 621. The van der Waals surface area contributed by atoms with Crippen LogP contribution in [0.3, 0.4) is 0 Å². The zero-order valence-electron chi connectivity index (χ0n) is 13.3. The second-order valence-electron chi connectivity index (χ2n) is 6.16. The van der Waals surface area contributed by atoms with Crippen molar-refractivity contribution in [1.29, 1.82) is 0 Å². The highest BCUT2D eigenvalue weighted by Crippen LogP contribution is 2.35. The predicted octanol–water partition coefficient (Wildman–Crippen LogP) is 1.40. The summed E-state index contributed by atoms with van der Waals surface area (Å²) in [6, 6.07) is 7.15. The maximum Gasteiger partial charge on any atom is 0.232 e. The molecule has 1 aliphatic heterocycles. The number of anilines is 1. The fraction of sp³-hybridized carbons (Fsp3) is 0.562. The molecule has 0 spiro atoms. The summed E-state index contributed by atoms with van der Waals surface area (Å²) in [4.78, 5) is 26.4. The van der Waals surface area contributed by atoms with Gasteiger partial charge in [-0.15, -0.1) is 0 Å². The maximum absolute atomic E-state index is 12.2. The summed E-state index contributed by atoms with van der Waals surface area (Å²) in [5.74, 6) is 0.200. The molecule has 0 N–H and O–H groups in total. The van der Waals surface area contributed by atoms with Crippen LogP contribution in [0.5, 0.6) is 5.75 Å². The molecule has 0 radical (unpaired) electrons. The van der Waals surface area contributed by atoms with E-state index in [-0.39, 0.29) is 16.9 Å². The van der Waals surface area contributed by atoms with E-state index in [0.29, 0.717) is 19.5 Å². The minimum atomic E-state index is -0.704. The average molecular weight is 319 g/mol. The molecule has 124 valence electrons. The molecule has 0 bridgehead atoms. The smallest absolute Gasteiger partial charge is 0.232 e. The van der Waals surface area contributed by atoms with E-state index < -0.39 is 12.0 Å². The van der Waals surface area contributed by atoms with E-state index in [4.69, 9.17) is 4.74 Å². The summed E-state index contributed by atoms with van der Waals surface area (Å²) in [6.07, 6.45) is 0.220. The van der Waals surface area contributed by atoms with Gasteiger partial charge in [-0.25, -0.2) is 0 Å². The summed E-state index contributed by atoms with van der Waals surface area (Å²) in [6.45, 7) is 4.08. The van der Waals surface area contributed by atoms with Crippen molar-refractivity contribution in [2.75, 3.05) is 31.6 Å². The van der Waals surface area contributed by atoms with Crippen LogP contribution < -0.4 is 9.64 Å². The number of ether oxygens (including phenoxy) is 1. The Labute approximate surface area is 135 Å². The van der Waals surface area contributed by atoms with Gasteiger partial charge in [-0.05, 0) is 19.1 Å². The van der Waals surface area contributed by atoms with Gasteiger partial charge in [0.1, 0.15) is 17.8 Å². The molecular weight excluding hydrogens is 298 g/mol. The number of carbonyl (C=O) groups excluding carboxylic acids is 1. The quantitative estimate of drug-likeness (QED) is 0.606. The molecule has 1 aliphatic carbocycles. The van der Waals surface area contributed by atoms with Crippen LogP contribution in [-0.2, 0) is 4.79 Å². The van der Waals surface area contributed by atoms with Gasteiger partial charge in [-0.1, -0.05) is 12.1 Å². The number of nitrogens with zero attached hydrogens (tertiary/aromatic N) is 3. The van der Waals surface area contributed by atoms with Crippen molar-refractivity contribution < 1.29 is 14.5 Å². The third kappa shape index (κ3) is 3.09. The van der Waals surface area contributed by atoms with Gasteiger partial charge in [0.2, 0.25) is 11.9 Å². The van der Waals surface area contributed by atoms with Crippen molar-refractivity contribution >= 4 is 11.6 Å². The molecule has 23 heavy (non-hydrogen) atoms. The molecule has 1 aromatic carbocycles. The Morgan fingerprint density at radius 1 is 1.48 bits per heavy atom. The van der Waals surface area contributed by atoms with Crippen LogP contribution >= 0.6 is 0 Å². The van der Waals surface area contributed by atoms with Crippen molar-refractivity contribution in [2.24, 2.45) is 5.92 Å². The normalized spacial score (nSPS) is 25.3. The second kappa shape index (κ2) is 6.06. The van der Waals surface area contributed by atoms with Gasteiger partial charge in [0.05, 0.1) is 18.8 Å². The third-order valence-corrected chi connectivity index (χ3v) is 4.50. The second-order valence-corrected chi connectivity index (χ2v) is 6.16. The highest BCUT2D eigenvalue weighted by molar-refractivity contribution is 5.82. The molecule has 1 heterocycles. The third-order valence-electron chi connectivity index (χ3n) is 4.50. The van der Waals surface area contributed by atoms with Gasteiger partial charge in [0, 0.05) is 24.9 Å². The lowest BCUT2D eigenvalue weighted by Gasteiger charge is -2.37. The van der Waals surface area contributed by atoms with Crippen LogP contribution in [-0.4, -0.2) is 54.6 Å². The van der Waals surface area contributed by atoms with E-state index in [0.717, 1.165) is 18.0 Å². The van der Waals surface area contributed by atoms with Gasteiger partial charge < -0.3 is 14.5 Å². The SMILES string of the molecule is CCN1C[C@H](CN(C)C(=O)[C@@H]2C[C@@H]2[N+](=O)[O-])Oc2ccccc21. The van der Waals surface area contributed by atoms with Gasteiger partial charge in [0.15, 0.2) is 0 Å². The molecule has 7 nitrogen and oxygen atoms in total. The summed E-state index contributed by atoms with van der Waals surface area (Å²) in [5.41, 5.74) is 1.07. The Hall–Kier alpha value is -2.31. The standard InChI is InChI=1S/C16H21N3O4/c1-3-18-10-11(23-15-7-5-4-6-13(15)18)9-17(2)16(20)12-8-14(12)19(21)22/h4-7,11-12,14H,3,8-10H2,1-2H3/t11-,12+,14-/m0/s1. The van der Waals surface area contributed by atoms with Crippen molar-refractivity contribution in [3.8, 4) is 5.75 Å². The summed E-state index contributed by atoms with van der Waals surface area (Å²) < 4.78 is 5.99. The van der Waals surface area contributed by atoms with Crippen molar-refractivity contribution in [1.82, 2.24) is 4.90 Å². The van der Waals surface area contributed by atoms with E-state index in [9.17, 15) is 14.9 Å². The first-order valence-electron chi connectivity index (χ1n) is 7.90.